The lowest BCUT2D eigenvalue weighted by atomic mass is 10.2. The van der Waals surface area contributed by atoms with Gasteiger partial charge in [0, 0.05) is 13.1 Å². The molecule has 0 aromatic heterocycles. The summed E-state index contributed by atoms with van der Waals surface area (Å²) in [6.07, 6.45) is 1.62. The predicted molar refractivity (Wildman–Crippen MR) is 70.5 cm³/mol. The van der Waals surface area contributed by atoms with Crippen LogP contribution in [0.1, 0.15) is 5.56 Å². The minimum Gasteiger partial charge on any atom is -0.484 e. The molecule has 4 nitrogen and oxygen atoms in total. The maximum Gasteiger partial charge on any atom is 0.260 e. The van der Waals surface area contributed by atoms with E-state index < -0.39 is 0 Å². The monoisotopic (exact) mass is 249 g/mol. The first-order valence-electron chi connectivity index (χ1n) is 5.86. The number of carbonyl (C=O) groups is 1. The second kappa shape index (κ2) is 7.50. The highest BCUT2D eigenvalue weighted by Crippen LogP contribution is 2.11. The molecule has 1 aromatic carbocycles. The molecule has 0 aliphatic rings. The van der Waals surface area contributed by atoms with Crippen LogP contribution in [-0.2, 0) is 4.79 Å². The van der Waals surface area contributed by atoms with Gasteiger partial charge in [-0.05, 0) is 19.1 Å². The number of rotatable bonds is 7. The Morgan fingerprint density at radius 3 is 2.67 bits per heavy atom. The van der Waals surface area contributed by atoms with Crippen molar-refractivity contribution in [3.63, 3.8) is 0 Å². The van der Waals surface area contributed by atoms with Crippen LogP contribution in [0.15, 0.2) is 36.9 Å². The van der Waals surface area contributed by atoms with Gasteiger partial charge in [-0.2, -0.15) is 0 Å². The van der Waals surface area contributed by atoms with Crippen molar-refractivity contribution in [3.05, 3.63) is 42.5 Å². The minimum absolute atomic E-state index is 0.0309. The van der Waals surface area contributed by atoms with E-state index in [1.54, 1.807) is 6.08 Å². The molecule has 4 heteroatoms. The summed E-state index contributed by atoms with van der Waals surface area (Å²) in [5, 5.41) is 8.86. The maximum atomic E-state index is 11.8. The van der Waals surface area contributed by atoms with Crippen molar-refractivity contribution in [2.75, 3.05) is 26.3 Å². The smallest absolute Gasteiger partial charge is 0.260 e. The highest BCUT2D eigenvalue weighted by atomic mass is 16.5. The zero-order chi connectivity index (χ0) is 13.4. The van der Waals surface area contributed by atoms with E-state index in [2.05, 4.69) is 6.58 Å². The van der Waals surface area contributed by atoms with Crippen molar-refractivity contribution in [2.24, 2.45) is 0 Å². The number of ether oxygens (including phenoxy) is 1. The van der Waals surface area contributed by atoms with E-state index in [0.717, 1.165) is 5.56 Å². The van der Waals surface area contributed by atoms with Crippen molar-refractivity contribution in [1.82, 2.24) is 4.90 Å². The van der Waals surface area contributed by atoms with Crippen molar-refractivity contribution in [3.8, 4) is 5.75 Å². The number of amides is 1. The molecule has 1 amide bonds. The van der Waals surface area contributed by atoms with Gasteiger partial charge >= 0.3 is 0 Å². The van der Waals surface area contributed by atoms with Crippen LogP contribution in [0.5, 0.6) is 5.75 Å². The van der Waals surface area contributed by atoms with Gasteiger partial charge in [0.1, 0.15) is 5.75 Å². The fourth-order valence-electron chi connectivity index (χ4n) is 1.47. The van der Waals surface area contributed by atoms with Crippen molar-refractivity contribution in [2.45, 2.75) is 6.92 Å². The number of benzene rings is 1. The molecular formula is C14H19NO3. The molecule has 0 spiro atoms. The molecule has 0 atom stereocenters. The van der Waals surface area contributed by atoms with Crippen LogP contribution in [0.3, 0.4) is 0 Å². The summed E-state index contributed by atoms with van der Waals surface area (Å²) in [6, 6.07) is 7.50. The minimum atomic E-state index is -0.162. The Hall–Kier alpha value is -1.81. The number of aliphatic hydroxyl groups is 1. The molecule has 1 N–H and O–H groups in total. The highest BCUT2D eigenvalue weighted by molar-refractivity contribution is 5.77. The average molecular weight is 249 g/mol. The first-order valence-corrected chi connectivity index (χ1v) is 5.86. The molecular weight excluding hydrogens is 230 g/mol. The molecule has 0 unspecified atom stereocenters. The van der Waals surface area contributed by atoms with Gasteiger partial charge in [0.05, 0.1) is 6.61 Å². The number of carbonyl (C=O) groups excluding carboxylic acids is 1. The van der Waals surface area contributed by atoms with Crippen LogP contribution in [-0.4, -0.2) is 42.2 Å². The van der Waals surface area contributed by atoms with Gasteiger partial charge in [0.15, 0.2) is 6.61 Å². The Morgan fingerprint density at radius 1 is 1.44 bits per heavy atom. The molecule has 18 heavy (non-hydrogen) atoms. The Balaban J connectivity index is 2.47. The first-order chi connectivity index (χ1) is 8.67. The fourth-order valence-corrected chi connectivity index (χ4v) is 1.47. The summed E-state index contributed by atoms with van der Waals surface area (Å²) >= 11 is 0. The third-order valence-corrected chi connectivity index (χ3v) is 2.46. The number of aliphatic hydroxyl groups excluding tert-OH is 1. The van der Waals surface area contributed by atoms with Crippen LogP contribution in [0.25, 0.3) is 0 Å². The zero-order valence-corrected chi connectivity index (χ0v) is 10.6. The third-order valence-electron chi connectivity index (χ3n) is 2.46. The number of hydrogen-bond donors (Lipinski definition) is 1. The Bertz CT molecular complexity index is 387. The van der Waals surface area contributed by atoms with E-state index in [-0.39, 0.29) is 19.1 Å². The Labute approximate surface area is 107 Å². The van der Waals surface area contributed by atoms with Crippen molar-refractivity contribution in [1.29, 1.82) is 0 Å². The highest BCUT2D eigenvalue weighted by Gasteiger charge is 2.11. The normalized spacial score (nSPS) is 9.89. The molecule has 1 aromatic rings. The summed E-state index contributed by atoms with van der Waals surface area (Å²) < 4.78 is 5.39. The van der Waals surface area contributed by atoms with Gasteiger partial charge in [0.2, 0.25) is 0 Å². The Morgan fingerprint density at radius 2 is 2.11 bits per heavy atom. The molecule has 0 aliphatic carbocycles. The SMILES string of the molecule is C=CCN(CCO)C(=O)COc1ccc(C)cc1. The van der Waals surface area contributed by atoms with Gasteiger partial charge in [-0.3, -0.25) is 4.79 Å². The lowest BCUT2D eigenvalue weighted by Crippen LogP contribution is -2.37. The standard InChI is InChI=1S/C14H19NO3/c1-3-8-15(9-10-16)14(17)11-18-13-6-4-12(2)5-7-13/h3-7,16H,1,8-11H2,2H3. The lowest BCUT2D eigenvalue weighted by molar-refractivity contribution is -0.133. The van der Waals surface area contributed by atoms with E-state index in [4.69, 9.17) is 9.84 Å². The summed E-state index contributed by atoms with van der Waals surface area (Å²) in [5.41, 5.74) is 1.14. The fraction of sp³-hybridized carbons (Fsp3) is 0.357. The molecule has 0 aliphatic heterocycles. The molecule has 0 saturated heterocycles. The number of hydrogen-bond acceptors (Lipinski definition) is 3. The molecule has 1 rings (SSSR count). The van der Waals surface area contributed by atoms with Gasteiger partial charge in [-0.15, -0.1) is 6.58 Å². The van der Waals surface area contributed by atoms with Crippen LogP contribution in [0.2, 0.25) is 0 Å². The van der Waals surface area contributed by atoms with E-state index in [9.17, 15) is 4.79 Å². The van der Waals surface area contributed by atoms with Crippen LogP contribution in [0, 0.1) is 6.92 Å². The van der Waals surface area contributed by atoms with Gasteiger partial charge < -0.3 is 14.7 Å². The molecule has 0 bridgehead atoms. The summed E-state index contributed by atoms with van der Waals surface area (Å²) in [7, 11) is 0. The number of nitrogens with zero attached hydrogens (tertiary/aromatic N) is 1. The van der Waals surface area contributed by atoms with Crippen LogP contribution < -0.4 is 4.74 Å². The van der Waals surface area contributed by atoms with E-state index in [1.165, 1.54) is 4.90 Å². The largest absolute Gasteiger partial charge is 0.484 e. The third kappa shape index (κ3) is 4.59. The predicted octanol–water partition coefficient (Wildman–Crippen LogP) is 1.38. The van der Waals surface area contributed by atoms with Crippen molar-refractivity contribution >= 4 is 5.91 Å². The number of aryl methyl sites for hydroxylation is 1. The zero-order valence-electron chi connectivity index (χ0n) is 10.6. The van der Waals surface area contributed by atoms with Gasteiger partial charge in [-0.25, -0.2) is 0 Å². The summed E-state index contributed by atoms with van der Waals surface area (Å²) in [5.74, 6) is 0.501. The second-order valence-electron chi connectivity index (χ2n) is 3.95. The maximum absolute atomic E-state index is 11.8. The second-order valence-corrected chi connectivity index (χ2v) is 3.95. The quantitative estimate of drug-likeness (QED) is 0.743. The topological polar surface area (TPSA) is 49.8 Å². The molecule has 0 saturated carbocycles. The molecule has 0 heterocycles. The van der Waals surface area contributed by atoms with Gasteiger partial charge in [0.25, 0.3) is 5.91 Å². The van der Waals surface area contributed by atoms with Crippen LogP contribution >= 0.6 is 0 Å². The summed E-state index contributed by atoms with van der Waals surface area (Å²) in [6.45, 7) is 6.18. The first kappa shape index (κ1) is 14.3. The van der Waals surface area contributed by atoms with E-state index >= 15 is 0 Å². The van der Waals surface area contributed by atoms with Gasteiger partial charge in [-0.1, -0.05) is 23.8 Å². The molecule has 0 fully saturated rings. The van der Waals surface area contributed by atoms with E-state index in [1.807, 2.05) is 31.2 Å². The Kier molecular flexibility index (Phi) is 5.94. The molecule has 0 radical (unpaired) electrons. The van der Waals surface area contributed by atoms with E-state index in [0.29, 0.717) is 18.8 Å². The van der Waals surface area contributed by atoms with Crippen LogP contribution in [0.4, 0.5) is 0 Å². The lowest BCUT2D eigenvalue weighted by Gasteiger charge is -2.20. The molecule has 98 valence electrons. The van der Waals surface area contributed by atoms with Crippen molar-refractivity contribution < 1.29 is 14.6 Å². The average Bonchev–Trinajstić information content (AvgIpc) is 2.37. The summed E-state index contributed by atoms with van der Waals surface area (Å²) in [4.78, 5) is 13.3.